The summed E-state index contributed by atoms with van der Waals surface area (Å²) in [5, 5.41) is 21.6. The van der Waals surface area contributed by atoms with Crippen LogP contribution >= 0.6 is 0 Å². The van der Waals surface area contributed by atoms with Crippen LogP contribution < -0.4 is 0 Å². The number of hydrogen-bond acceptors (Lipinski definition) is 7. The Morgan fingerprint density at radius 2 is 1.85 bits per heavy atom. The van der Waals surface area contributed by atoms with E-state index in [1.54, 1.807) is 13.3 Å². The van der Waals surface area contributed by atoms with Gasteiger partial charge >= 0.3 is 0 Å². The van der Waals surface area contributed by atoms with Gasteiger partial charge < -0.3 is 14.4 Å². The lowest BCUT2D eigenvalue weighted by molar-refractivity contribution is 0.160. The summed E-state index contributed by atoms with van der Waals surface area (Å²) >= 11 is 0. The summed E-state index contributed by atoms with van der Waals surface area (Å²) in [7, 11) is 1.58. The molecular formula is C26H26N4O3. The van der Waals surface area contributed by atoms with E-state index in [4.69, 9.17) is 9.15 Å². The fraction of sp³-hybridized carbons (Fsp3) is 0.231. The van der Waals surface area contributed by atoms with Crippen molar-refractivity contribution in [2.24, 2.45) is 5.16 Å². The van der Waals surface area contributed by atoms with Crippen LogP contribution in [-0.2, 0) is 11.3 Å². The van der Waals surface area contributed by atoms with E-state index in [9.17, 15) is 5.21 Å². The number of hydrogen-bond donors (Lipinski definition) is 1. The molecule has 0 spiro atoms. The van der Waals surface area contributed by atoms with E-state index in [1.807, 2.05) is 43.3 Å². The minimum absolute atomic E-state index is 0.00800. The fourth-order valence-electron chi connectivity index (χ4n) is 3.93. The number of oxime groups is 1. The van der Waals surface area contributed by atoms with Crippen molar-refractivity contribution in [2.45, 2.75) is 32.8 Å². The predicted octanol–water partition coefficient (Wildman–Crippen LogP) is 5.30. The molecule has 0 amide bonds. The SMILES string of the molecule is COCc1nnc(-c2ccc([C@@H](CC(=NO)c3ccnc(C)c3)c3ccccc3C)cc2)o1. The first-order valence-corrected chi connectivity index (χ1v) is 10.7. The van der Waals surface area contributed by atoms with Gasteiger partial charge in [-0.3, -0.25) is 4.98 Å². The maximum atomic E-state index is 9.85. The van der Waals surface area contributed by atoms with E-state index in [0.717, 1.165) is 22.4 Å². The van der Waals surface area contributed by atoms with E-state index in [0.29, 0.717) is 23.9 Å². The van der Waals surface area contributed by atoms with Crippen molar-refractivity contribution in [3.8, 4) is 11.5 Å². The number of rotatable bonds is 8. The molecule has 0 aliphatic carbocycles. The zero-order valence-electron chi connectivity index (χ0n) is 18.9. The summed E-state index contributed by atoms with van der Waals surface area (Å²) in [5.41, 5.74) is 6.62. The van der Waals surface area contributed by atoms with Gasteiger partial charge in [0.05, 0.1) is 5.71 Å². The number of aryl methyl sites for hydroxylation is 2. The molecule has 0 saturated carbocycles. The molecule has 33 heavy (non-hydrogen) atoms. The van der Waals surface area contributed by atoms with Crippen molar-refractivity contribution in [3.05, 3.63) is 101 Å². The minimum atomic E-state index is -0.00800. The summed E-state index contributed by atoms with van der Waals surface area (Å²) < 4.78 is 10.7. The van der Waals surface area contributed by atoms with Crippen LogP contribution in [0.4, 0.5) is 0 Å². The molecule has 2 aromatic heterocycles. The standard InChI is InChI=1S/C26H26N4O3/c1-17-6-4-5-7-22(17)23(15-24(30-31)21-12-13-27-18(2)14-21)19-8-10-20(11-9-19)26-29-28-25(33-26)16-32-3/h4-14,23,31H,15-16H2,1-3H3/t23-/m1/s1. The molecule has 0 fully saturated rings. The van der Waals surface area contributed by atoms with E-state index < -0.39 is 0 Å². The summed E-state index contributed by atoms with van der Waals surface area (Å²) in [6.45, 7) is 4.29. The Bertz CT molecular complexity index is 1250. The zero-order valence-corrected chi connectivity index (χ0v) is 18.9. The molecule has 0 saturated heterocycles. The van der Waals surface area contributed by atoms with Crippen LogP contribution in [0.15, 0.2) is 76.4 Å². The highest BCUT2D eigenvalue weighted by atomic mass is 16.5. The van der Waals surface area contributed by atoms with Gasteiger partial charge in [-0.1, -0.05) is 41.6 Å². The van der Waals surface area contributed by atoms with Gasteiger partial charge in [0.1, 0.15) is 6.61 Å². The number of nitrogens with zero attached hydrogens (tertiary/aromatic N) is 4. The van der Waals surface area contributed by atoms with Crippen LogP contribution in [0.2, 0.25) is 0 Å². The third kappa shape index (κ3) is 5.15. The summed E-state index contributed by atoms with van der Waals surface area (Å²) in [4.78, 5) is 4.25. The molecule has 2 aromatic carbocycles. The normalized spacial score (nSPS) is 12.6. The topological polar surface area (TPSA) is 93.6 Å². The minimum Gasteiger partial charge on any atom is -0.418 e. The van der Waals surface area contributed by atoms with Crippen molar-refractivity contribution in [3.63, 3.8) is 0 Å². The van der Waals surface area contributed by atoms with Crippen molar-refractivity contribution in [1.29, 1.82) is 0 Å². The maximum Gasteiger partial charge on any atom is 0.247 e. The quantitative estimate of drug-likeness (QED) is 0.226. The second-order valence-electron chi connectivity index (χ2n) is 7.90. The predicted molar refractivity (Wildman–Crippen MR) is 125 cm³/mol. The Labute approximate surface area is 192 Å². The van der Waals surface area contributed by atoms with Crippen LogP contribution in [-0.4, -0.2) is 33.2 Å². The lowest BCUT2D eigenvalue weighted by Gasteiger charge is -2.21. The molecule has 0 unspecified atom stereocenters. The van der Waals surface area contributed by atoms with E-state index >= 15 is 0 Å². The summed E-state index contributed by atoms with van der Waals surface area (Å²) in [6.07, 6.45) is 2.26. The van der Waals surface area contributed by atoms with Crippen molar-refractivity contribution in [2.75, 3.05) is 7.11 Å². The van der Waals surface area contributed by atoms with Crippen LogP contribution in [0.3, 0.4) is 0 Å². The lowest BCUT2D eigenvalue weighted by atomic mass is 9.83. The Kier molecular flexibility index (Phi) is 6.90. The molecule has 1 N–H and O–H groups in total. The monoisotopic (exact) mass is 442 g/mol. The Hall–Kier alpha value is -3.84. The maximum absolute atomic E-state index is 9.85. The van der Waals surface area contributed by atoms with Crippen LogP contribution in [0.1, 0.15) is 46.2 Å². The van der Waals surface area contributed by atoms with Crippen LogP contribution in [0.5, 0.6) is 0 Å². The molecule has 2 heterocycles. The number of aromatic nitrogens is 3. The van der Waals surface area contributed by atoms with Crippen LogP contribution in [0.25, 0.3) is 11.5 Å². The lowest BCUT2D eigenvalue weighted by Crippen LogP contribution is -2.12. The van der Waals surface area contributed by atoms with E-state index in [2.05, 4.69) is 51.5 Å². The molecular weight excluding hydrogens is 416 g/mol. The first kappa shape index (κ1) is 22.4. The average Bonchev–Trinajstić information content (AvgIpc) is 3.30. The molecule has 7 heteroatoms. The average molecular weight is 443 g/mol. The number of pyridine rings is 1. The Morgan fingerprint density at radius 3 is 2.55 bits per heavy atom. The van der Waals surface area contributed by atoms with Gasteiger partial charge in [-0.15, -0.1) is 10.2 Å². The molecule has 0 radical (unpaired) electrons. The first-order valence-electron chi connectivity index (χ1n) is 10.7. The highest BCUT2D eigenvalue weighted by molar-refractivity contribution is 6.01. The second-order valence-corrected chi connectivity index (χ2v) is 7.90. The van der Waals surface area contributed by atoms with Gasteiger partial charge in [-0.25, -0.2) is 0 Å². The number of methoxy groups -OCH3 is 1. The molecule has 1 atom stereocenters. The second kappa shape index (κ2) is 10.2. The third-order valence-corrected chi connectivity index (χ3v) is 5.61. The molecule has 168 valence electrons. The van der Waals surface area contributed by atoms with Gasteiger partial charge in [0.2, 0.25) is 11.8 Å². The fourth-order valence-corrected chi connectivity index (χ4v) is 3.93. The smallest absolute Gasteiger partial charge is 0.247 e. The largest absolute Gasteiger partial charge is 0.418 e. The number of benzene rings is 2. The highest BCUT2D eigenvalue weighted by Crippen LogP contribution is 2.33. The molecule has 7 nitrogen and oxygen atoms in total. The molecule has 0 bridgehead atoms. The van der Waals surface area contributed by atoms with Crippen molar-refractivity contribution >= 4 is 5.71 Å². The molecule has 0 aliphatic heterocycles. The van der Waals surface area contributed by atoms with Gasteiger partial charge in [-0.05, 0) is 54.8 Å². The van der Waals surface area contributed by atoms with Crippen molar-refractivity contribution < 1.29 is 14.4 Å². The van der Waals surface area contributed by atoms with E-state index in [1.165, 1.54) is 11.1 Å². The Balaban J connectivity index is 1.68. The Morgan fingerprint density at radius 1 is 1.06 bits per heavy atom. The van der Waals surface area contributed by atoms with Gasteiger partial charge in [0.25, 0.3) is 0 Å². The highest BCUT2D eigenvalue weighted by Gasteiger charge is 2.21. The van der Waals surface area contributed by atoms with Gasteiger partial charge in [0.15, 0.2) is 0 Å². The number of ether oxygens (including phenoxy) is 1. The first-order chi connectivity index (χ1) is 16.1. The van der Waals surface area contributed by atoms with Crippen LogP contribution in [0, 0.1) is 13.8 Å². The third-order valence-electron chi connectivity index (χ3n) is 5.61. The molecule has 4 rings (SSSR count). The zero-order chi connectivity index (χ0) is 23.2. The molecule has 0 aliphatic rings. The summed E-state index contributed by atoms with van der Waals surface area (Å²) in [5.74, 6) is 0.878. The van der Waals surface area contributed by atoms with Gasteiger partial charge in [-0.2, -0.15) is 0 Å². The molecule has 4 aromatic rings. The van der Waals surface area contributed by atoms with Crippen molar-refractivity contribution in [1.82, 2.24) is 15.2 Å². The van der Waals surface area contributed by atoms with Gasteiger partial charge in [0, 0.05) is 42.5 Å². The van der Waals surface area contributed by atoms with E-state index in [-0.39, 0.29) is 12.5 Å². The summed E-state index contributed by atoms with van der Waals surface area (Å²) in [6, 6.07) is 20.1.